The molecule has 0 bridgehead atoms. The summed E-state index contributed by atoms with van der Waals surface area (Å²) in [5.41, 5.74) is 2.60. The molecule has 0 unspecified atom stereocenters. The van der Waals surface area contributed by atoms with Crippen LogP contribution >= 0.6 is 0 Å². The summed E-state index contributed by atoms with van der Waals surface area (Å²) in [6, 6.07) is 11.3. The summed E-state index contributed by atoms with van der Waals surface area (Å²) in [5.74, 6) is 1.57. The molecule has 0 saturated heterocycles. The minimum Gasteiger partial charge on any atom is -0.465 e. The third-order valence-corrected chi connectivity index (χ3v) is 4.31. The van der Waals surface area contributed by atoms with Crippen molar-refractivity contribution in [2.75, 3.05) is 5.32 Å². The van der Waals surface area contributed by atoms with E-state index < -0.39 is 0 Å². The van der Waals surface area contributed by atoms with E-state index >= 15 is 0 Å². The molecule has 2 aromatic heterocycles. The van der Waals surface area contributed by atoms with Gasteiger partial charge in [-0.2, -0.15) is 0 Å². The van der Waals surface area contributed by atoms with E-state index in [1.807, 2.05) is 24.3 Å². The Morgan fingerprint density at radius 3 is 2.96 bits per heavy atom. The average Bonchev–Trinajstić information content (AvgIpc) is 3.30. The molecule has 0 spiro atoms. The van der Waals surface area contributed by atoms with E-state index in [9.17, 15) is 4.79 Å². The van der Waals surface area contributed by atoms with Gasteiger partial charge in [-0.05, 0) is 37.1 Å². The molecule has 0 saturated carbocycles. The van der Waals surface area contributed by atoms with Gasteiger partial charge >= 0.3 is 0 Å². The zero-order chi connectivity index (χ0) is 17.1. The Bertz CT molecular complexity index is 883. The smallest absolute Gasteiger partial charge is 0.248 e. The van der Waals surface area contributed by atoms with Gasteiger partial charge in [0.25, 0.3) is 0 Å². The summed E-state index contributed by atoms with van der Waals surface area (Å²) in [6.45, 7) is 1.02. The number of nitrogens with zero attached hydrogens (tertiary/aromatic N) is 2. The lowest BCUT2D eigenvalue weighted by atomic mass is 10.1. The minimum atomic E-state index is -0.201. The molecule has 0 fully saturated rings. The van der Waals surface area contributed by atoms with Crippen molar-refractivity contribution in [1.82, 2.24) is 9.55 Å². The molecule has 126 valence electrons. The first-order valence-corrected chi connectivity index (χ1v) is 8.47. The molecule has 0 radical (unpaired) electrons. The van der Waals surface area contributed by atoms with E-state index in [1.165, 1.54) is 18.9 Å². The molecule has 3 heterocycles. The second kappa shape index (κ2) is 6.81. The van der Waals surface area contributed by atoms with Crippen molar-refractivity contribution >= 4 is 17.7 Å². The summed E-state index contributed by atoms with van der Waals surface area (Å²) in [6.07, 6.45) is 10.2. The number of fused-ring (bicyclic) bond motifs is 1. The second-order valence-electron chi connectivity index (χ2n) is 6.08. The highest BCUT2D eigenvalue weighted by Crippen LogP contribution is 2.28. The van der Waals surface area contributed by atoms with Crippen LogP contribution in [-0.4, -0.2) is 15.5 Å². The number of carbonyl (C=O) groups excluding carboxylic acids is 1. The van der Waals surface area contributed by atoms with Crippen LogP contribution in [0.4, 0.5) is 5.69 Å². The minimum absolute atomic E-state index is 0.201. The first-order chi connectivity index (χ1) is 12.3. The summed E-state index contributed by atoms with van der Waals surface area (Å²) >= 11 is 0. The van der Waals surface area contributed by atoms with Crippen molar-refractivity contribution in [2.45, 2.75) is 25.8 Å². The Labute approximate surface area is 146 Å². The van der Waals surface area contributed by atoms with Gasteiger partial charge in [-0.1, -0.05) is 18.2 Å². The van der Waals surface area contributed by atoms with Gasteiger partial charge in [0.15, 0.2) is 0 Å². The normalized spacial score (nSPS) is 13.8. The van der Waals surface area contributed by atoms with Crippen LogP contribution in [0.25, 0.3) is 17.3 Å². The molecule has 25 heavy (non-hydrogen) atoms. The fraction of sp³-hybridized carbons (Fsp3) is 0.200. The number of aromatic nitrogens is 2. The molecule has 1 aliphatic rings. The number of aryl methyl sites for hydroxylation is 2. The number of benzene rings is 1. The number of imidazole rings is 1. The van der Waals surface area contributed by atoms with Gasteiger partial charge in [-0.25, -0.2) is 4.98 Å². The third-order valence-electron chi connectivity index (χ3n) is 4.31. The lowest BCUT2D eigenvalue weighted by Gasteiger charge is -2.11. The zero-order valence-corrected chi connectivity index (χ0v) is 13.8. The molecule has 1 aromatic carbocycles. The quantitative estimate of drug-likeness (QED) is 0.730. The van der Waals surface area contributed by atoms with E-state index in [4.69, 9.17) is 9.40 Å². The molecule has 3 aromatic rings. The molecule has 1 amide bonds. The summed E-state index contributed by atoms with van der Waals surface area (Å²) in [7, 11) is 0. The maximum absolute atomic E-state index is 12.2. The number of nitrogens with one attached hydrogen (secondary N) is 1. The molecule has 4 rings (SSSR count). The number of carbonyl (C=O) groups is 1. The predicted octanol–water partition coefficient (Wildman–Crippen LogP) is 4.13. The highest BCUT2D eigenvalue weighted by Gasteiger charge is 2.15. The molecule has 1 aliphatic heterocycles. The number of rotatable bonds is 4. The Balaban J connectivity index is 1.56. The lowest BCUT2D eigenvalue weighted by molar-refractivity contribution is -0.111. The Morgan fingerprint density at radius 2 is 2.12 bits per heavy atom. The topological polar surface area (TPSA) is 60.1 Å². The summed E-state index contributed by atoms with van der Waals surface area (Å²) in [5, 5.41) is 2.94. The Morgan fingerprint density at radius 1 is 1.20 bits per heavy atom. The molecular weight excluding hydrogens is 314 g/mol. The van der Waals surface area contributed by atoms with Crippen molar-refractivity contribution < 1.29 is 9.21 Å². The van der Waals surface area contributed by atoms with Gasteiger partial charge in [0.2, 0.25) is 5.91 Å². The van der Waals surface area contributed by atoms with E-state index in [2.05, 4.69) is 16.1 Å². The van der Waals surface area contributed by atoms with E-state index in [0.717, 1.165) is 35.7 Å². The van der Waals surface area contributed by atoms with Gasteiger partial charge in [0.05, 0.1) is 17.6 Å². The Hall–Kier alpha value is -3.08. The fourth-order valence-corrected chi connectivity index (χ4v) is 3.08. The lowest BCUT2D eigenvalue weighted by Crippen LogP contribution is -2.09. The zero-order valence-electron chi connectivity index (χ0n) is 13.8. The van der Waals surface area contributed by atoms with Crippen LogP contribution in [-0.2, 0) is 17.8 Å². The number of furan rings is 1. The molecule has 1 N–H and O–H groups in total. The van der Waals surface area contributed by atoms with Crippen molar-refractivity contribution in [3.63, 3.8) is 0 Å². The maximum atomic E-state index is 12.2. The number of para-hydroxylation sites is 1. The van der Waals surface area contributed by atoms with Crippen molar-refractivity contribution in [3.8, 4) is 11.3 Å². The first kappa shape index (κ1) is 15.4. The molecule has 0 aliphatic carbocycles. The van der Waals surface area contributed by atoms with Crippen molar-refractivity contribution in [1.29, 1.82) is 0 Å². The third kappa shape index (κ3) is 3.40. The van der Waals surface area contributed by atoms with Gasteiger partial charge in [0.1, 0.15) is 11.6 Å². The van der Waals surface area contributed by atoms with Crippen molar-refractivity contribution in [3.05, 3.63) is 66.5 Å². The maximum Gasteiger partial charge on any atom is 0.248 e. The number of amides is 1. The monoisotopic (exact) mass is 333 g/mol. The largest absolute Gasteiger partial charge is 0.465 e. The highest BCUT2D eigenvalue weighted by molar-refractivity contribution is 6.03. The molecule has 5 heteroatoms. The molecule has 0 atom stereocenters. The van der Waals surface area contributed by atoms with Gasteiger partial charge in [0, 0.05) is 30.8 Å². The van der Waals surface area contributed by atoms with Gasteiger partial charge in [-0.15, -0.1) is 0 Å². The Kier molecular flexibility index (Phi) is 4.21. The number of hydrogen-bond acceptors (Lipinski definition) is 3. The standard InChI is InChI=1S/C20H19N3O2/c24-20(11-10-15-6-5-13-25-15)22-17-8-2-1-7-16(17)18-14-23-12-4-3-9-19(23)21-18/h1-2,5-8,10-11,13-14H,3-4,9,12H2,(H,22,24)/b11-10+. The van der Waals surface area contributed by atoms with Crippen LogP contribution in [0, 0.1) is 0 Å². The van der Waals surface area contributed by atoms with E-state index in [-0.39, 0.29) is 5.91 Å². The van der Waals surface area contributed by atoms with Crippen molar-refractivity contribution in [2.24, 2.45) is 0 Å². The summed E-state index contributed by atoms with van der Waals surface area (Å²) in [4.78, 5) is 17.0. The SMILES string of the molecule is O=C(/C=C/c1ccco1)Nc1ccccc1-c1cn2c(n1)CCCC2. The van der Waals surface area contributed by atoms with Gasteiger partial charge in [-0.3, -0.25) is 4.79 Å². The fourth-order valence-electron chi connectivity index (χ4n) is 3.08. The highest BCUT2D eigenvalue weighted by atomic mass is 16.3. The number of anilines is 1. The van der Waals surface area contributed by atoms with Crippen LogP contribution in [0.15, 0.2) is 59.4 Å². The summed E-state index contributed by atoms with van der Waals surface area (Å²) < 4.78 is 7.41. The van der Waals surface area contributed by atoms with Crippen LogP contribution in [0.5, 0.6) is 0 Å². The first-order valence-electron chi connectivity index (χ1n) is 8.47. The van der Waals surface area contributed by atoms with Gasteiger partial charge < -0.3 is 14.3 Å². The average molecular weight is 333 g/mol. The van der Waals surface area contributed by atoms with Crippen LogP contribution in [0.1, 0.15) is 24.4 Å². The van der Waals surface area contributed by atoms with Crippen LogP contribution < -0.4 is 5.32 Å². The predicted molar refractivity (Wildman–Crippen MR) is 97.0 cm³/mol. The van der Waals surface area contributed by atoms with E-state index in [1.54, 1.807) is 24.5 Å². The molecule has 5 nitrogen and oxygen atoms in total. The second-order valence-corrected chi connectivity index (χ2v) is 6.08. The van der Waals surface area contributed by atoms with Crippen LogP contribution in [0.2, 0.25) is 0 Å². The molecular formula is C20H19N3O2. The van der Waals surface area contributed by atoms with Crippen LogP contribution in [0.3, 0.4) is 0 Å². The number of hydrogen-bond donors (Lipinski definition) is 1. The van der Waals surface area contributed by atoms with E-state index in [0.29, 0.717) is 5.76 Å².